The van der Waals surface area contributed by atoms with Crippen molar-refractivity contribution in [3.8, 4) is 0 Å². The normalized spacial score (nSPS) is 12.4. The molecule has 0 saturated carbocycles. The van der Waals surface area contributed by atoms with E-state index in [1.165, 1.54) is 0 Å². The van der Waals surface area contributed by atoms with Crippen LogP contribution in [0.5, 0.6) is 0 Å². The number of nitrogens with zero attached hydrogens (tertiary/aromatic N) is 1. The molecule has 16 heavy (non-hydrogen) atoms. The highest BCUT2D eigenvalue weighted by atomic mass is 16.5. The van der Waals surface area contributed by atoms with Gasteiger partial charge in [0.2, 0.25) is 11.8 Å². The minimum Gasteiger partial charge on any atom is -0.385 e. The molecule has 1 aromatic heterocycles. The highest BCUT2D eigenvalue weighted by Crippen LogP contribution is 2.09. The van der Waals surface area contributed by atoms with Crippen molar-refractivity contribution in [3.63, 3.8) is 0 Å². The number of nitrogens with one attached hydrogen (secondary N) is 1. The molecule has 0 radical (unpaired) electrons. The SMILES string of the molecule is COCCCC(N)C(=O)Nc1cc(C)no1. The smallest absolute Gasteiger partial charge is 0.243 e. The number of amides is 1. The lowest BCUT2D eigenvalue weighted by Crippen LogP contribution is -2.35. The van der Waals surface area contributed by atoms with E-state index in [1.807, 2.05) is 0 Å². The number of carbonyl (C=O) groups excluding carboxylic acids is 1. The fraction of sp³-hybridized carbons (Fsp3) is 0.600. The van der Waals surface area contributed by atoms with Gasteiger partial charge in [-0.25, -0.2) is 0 Å². The van der Waals surface area contributed by atoms with Crippen LogP contribution in [0.15, 0.2) is 10.6 Å². The molecule has 1 aromatic rings. The molecule has 1 unspecified atom stereocenters. The molecule has 0 aromatic carbocycles. The maximum absolute atomic E-state index is 11.6. The van der Waals surface area contributed by atoms with Gasteiger partial charge >= 0.3 is 0 Å². The number of hydrogen-bond acceptors (Lipinski definition) is 5. The van der Waals surface area contributed by atoms with Crippen LogP contribution in [-0.2, 0) is 9.53 Å². The molecule has 0 aliphatic carbocycles. The van der Waals surface area contributed by atoms with Gasteiger partial charge in [0.05, 0.1) is 11.7 Å². The van der Waals surface area contributed by atoms with Crippen LogP contribution >= 0.6 is 0 Å². The predicted molar refractivity (Wildman–Crippen MR) is 59.0 cm³/mol. The number of aromatic nitrogens is 1. The zero-order valence-electron chi connectivity index (χ0n) is 9.53. The van der Waals surface area contributed by atoms with Crippen LogP contribution in [0.1, 0.15) is 18.5 Å². The van der Waals surface area contributed by atoms with Crippen LogP contribution in [0.25, 0.3) is 0 Å². The van der Waals surface area contributed by atoms with Gasteiger partial charge in [-0.05, 0) is 19.8 Å². The third-order valence-electron chi connectivity index (χ3n) is 2.07. The molecule has 1 heterocycles. The summed E-state index contributed by atoms with van der Waals surface area (Å²) in [6, 6.07) is 1.08. The number of methoxy groups -OCH3 is 1. The highest BCUT2D eigenvalue weighted by molar-refractivity contribution is 5.93. The Morgan fingerprint density at radius 1 is 1.75 bits per heavy atom. The summed E-state index contributed by atoms with van der Waals surface area (Å²) in [7, 11) is 1.61. The van der Waals surface area contributed by atoms with Crippen molar-refractivity contribution in [1.29, 1.82) is 0 Å². The molecule has 6 nitrogen and oxygen atoms in total. The lowest BCUT2D eigenvalue weighted by Gasteiger charge is -2.09. The molecule has 1 amide bonds. The van der Waals surface area contributed by atoms with E-state index < -0.39 is 6.04 Å². The van der Waals surface area contributed by atoms with Gasteiger partial charge in [0.25, 0.3) is 0 Å². The zero-order valence-corrected chi connectivity index (χ0v) is 9.53. The van der Waals surface area contributed by atoms with Gasteiger partial charge in [0, 0.05) is 19.8 Å². The molecule has 0 aliphatic heterocycles. The molecule has 1 rings (SSSR count). The molecule has 1 atom stereocenters. The van der Waals surface area contributed by atoms with E-state index in [-0.39, 0.29) is 5.91 Å². The van der Waals surface area contributed by atoms with Gasteiger partial charge in [-0.15, -0.1) is 0 Å². The number of carbonyl (C=O) groups is 1. The number of hydrogen-bond donors (Lipinski definition) is 2. The Kier molecular flexibility index (Phi) is 4.94. The van der Waals surface area contributed by atoms with E-state index in [0.29, 0.717) is 24.6 Å². The van der Waals surface area contributed by atoms with Crippen molar-refractivity contribution in [2.75, 3.05) is 19.0 Å². The minimum atomic E-state index is -0.555. The quantitative estimate of drug-likeness (QED) is 0.697. The summed E-state index contributed by atoms with van der Waals surface area (Å²) in [5, 5.41) is 6.21. The third kappa shape index (κ3) is 4.00. The van der Waals surface area contributed by atoms with E-state index in [4.69, 9.17) is 15.0 Å². The summed E-state index contributed by atoms with van der Waals surface area (Å²) in [6.45, 7) is 2.38. The Hall–Kier alpha value is -1.40. The second-order valence-corrected chi connectivity index (χ2v) is 3.56. The van der Waals surface area contributed by atoms with Crippen molar-refractivity contribution in [3.05, 3.63) is 11.8 Å². The molecular formula is C10H17N3O3. The Bertz CT molecular complexity index is 338. The lowest BCUT2D eigenvalue weighted by atomic mass is 10.1. The van der Waals surface area contributed by atoms with Crippen molar-refractivity contribution in [2.24, 2.45) is 5.73 Å². The number of rotatable bonds is 6. The second-order valence-electron chi connectivity index (χ2n) is 3.56. The van der Waals surface area contributed by atoms with Gasteiger partial charge in [-0.3, -0.25) is 10.1 Å². The summed E-state index contributed by atoms with van der Waals surface area (Å²) in [6.07, 6.45) is 1.33. The van der Waals surface area contributed by atoms with Gasteiger partial charge < -0.3 is 15.0 Å². The first kappa shape index (κ1) is 12.7. The molecule has 0 bridgehead atoms. The van der Waals surface area contributed by atoms with Crippen molar-refractivity contribution >= 4 is 11.8 Å². The predicted octanol–water partition coefficient (Wildman–Crippen LogP) is 0.675. The average molecular weight is 227 g/mol. The fourth-order valence-electron chi connectivity index (χ4n) is 1.22. The lowest BCUT2D eigenvalue weighted by molar-refractivity contribution is -0.117. The zero-order chi connectivity index (χ0) is 12.0. The molecule has 0 spiro atoms. The minimum absolute atomic E-state index is 0.271. The molecular weight excluding hydrogens is 210 g/mol. The summed E-state index contributed by atoms with van der Waals surface area (Å²) in [5.74, 6) is 0.0527. The molecule has 90 valence electrons. The topological polar surface area (TPSA) is 90.4 Å². The van der Waals surface area contributed by atoms with Gasteiger partial charge in [-0.1, -0.05) is 5.16 Å². The summed E-state index contributed by atoms with van der Waals surface area (Å²) < 4.78 is 9.73. The largest absolute Gasteiger partial charge is 0.385 e. The third-order valence-corrected chi connectivity index (χ3v) is 2.07. The number of aryl methyl sites for hydroxylation is 1. The maximum Gasteiger partial charge on any atom is 0.243 e. The molecule has 0 fully saturated rings. The first-order valence-electron chi connectivity index (χ1n) is 5.12. The summed E-state index contributed by atoms with van der Waals surface area (Å²) in [4.78, 5) is 11.6. The second kappa shape index (κ2) is 6.24. The average Bonchev–Trinajstić information content (AvgIpc) is 2.64. The monoisotopic (exact) mass is 227 g/mol. The van der Waals surface area contributed by atoms with E-state index in [2.05, 4.69) is 10.5 Å². The number of nitrogens with two attached hydrogens (primary N) is 1. The molecule has 3 N–H and O–H groups in total. The summed E-state index contributed by atoms with van der Waals surface area (Å²) in [5.41, 5.74) is 6.39. The number of ether oxygens (including phenoxy) is 1. The Labute approximate surface area is 94.1 Å². The van der Waals surface area contributed by atoms with E-state index in [0.717, 1.165) is 6.42 Å². The van der Waals surface area contributed by atoms with Crippen LogP contribution < -0.4 is 11.1 Å². The van der Waals surface area contributed by atoms with Crippen molar-refractivity contribution in [2.45, 2.75) is 25.8 Å². The van der Waals surface area contributed by atoms with E-state index in [9.17, 15) is 4.79 Å². The summed E-state index contributed by atoms with van der Waals surface area (Å²) >= 11 is 0. The van der Waals surface area contributed by atoms with Crippen LogP contribution in [-0.4, -0.2) is 30.8 Å². The van der Waals surface area contributed by atoms with Gasteiger partial charge in [-0.2, -0.15) is 0 Å². The molecule has 6 heteroatoms. The standard InChI is InChI=1S/C10H17N3O3/c1-7-6-9(16-13-7)12-10(14)8(11)4-3-5-15-2/h6,8H,3-5,11H2,1-2H3,(H,12,14). The Balaban J connectivity index is 2.34. The fourth-order valence-corrected chi connectivity index (χ4v) is 1.22. The Morgan fingerprint density at radius 3 is 3.06 bits per heavy atom. The maximum atomic E-state index is 11.6. The van der Waals surface area contributed by atoms with Crippen LogP contribution in [0.4, 0.5) is 5.88 Å². The van der Waals surface area contributed by atoms with Crippen molar-refractivity contribution in [1.82, 2.24) is 5.16 Å². The number of anilines is 1. The van der Waals surface area contributed by atoms with Gasteiger partial charge in [0.1, 0.15) is 0 Å². The van der Waals surface area contributed by atoms with Crippen LogP contribution in [0, 0.1) is 6.92 Å². The van der Waals surface area contributed by atoms with Crippen LogP contribution in [0.2, 0.25) is 0 Å². The molecule has 0 aliphatic rings. The van der Waals surface area contributed by atoms with E-state index in [1.54, 1.807) is 20.1 Å². The van der Waals surface area contributed by atoms with E-state index >= 15 is 0 Å². The highest BCUT2D eigenvalue weighted by Gasteiger charge is 2.14. The molecule has 0 saturated heterocycles. The first-order valence-corrected chi connectivity index (χ1v) is 5.12. The first-order chi connectivity index (χ1) is 7.63. The van der Waals surface area contributed by atoms with Crippen molar-refractivity contribution < 1.29 is 14.1 Å². The van der Waals surface area contributed by atoms with Crippen LogP contribution in [0.3, 0.4) is 0 Å². The Morgan fingerprint density at radius 2 is 2.50 bits per heavy atom. The van der Waals surface area contributed by atoms with Gasteiger partial charge in [0.15, 0.2) is 0 Å².